The van der Waals surface area contributed by atoms with Crippen LogP contribution in [0.4, 0.5) is 10.1 Å². The Morgan fingerprint density at radius 2 is 1.59 bits per heavy atom. The van der Waals surface area contributed by atoms with Crippen LogP contribution in [0, 0.1) is 5.82 Å². The average Bonchev–Trinajstić information content (AvgIpc) is 2.90. The SMILES string of the molecule is CCNC(=O)C(Cc1ccccc1)N(Cc1ccc(Cl)cc1)C(=O)CCCN(c1ccccc1F)S(C)(=O)=O. The Morgan fingerprint density at radius 3 is 2.21 bits per heavy atom. The minimum absolute atomic E-state index is 0.0429. The molecule has 7 nitrogen and oxygen atoms in total. The van der Waals surface area contributed by atoms with Gasteiger partial charge in [-0.2, -0.15) is 0 Å². The number of carbonyl (C=O) groups is 2. The van der Waals surface area contributed by atoms with Gasteiger partial charge in [0.05, 0.1) is 11.9 Å². The third kappa shape index (κ3) is 8.80. The second-order valence-electron chi connectivity index (χ2n) is 9.14. The first-order valence-corrected chi connectivity index (χ1v) is 14.9. The van der Waals surface area contributed by atoms with E-state index in [9.17, 15) is 22.4 Å². The lowest BCUT2D eigenvalue weighted by Crippen LogP contribution is -2.50. The summed E-state index contributed by atoms with van der Waals surface area (Å²) in [5.74, 6) is -1.27. The Bertz CT molecular complexity index is 1350. The zero-order chi connectivity index (χ0) is 28.4. The molecule has 0 radical (unpaired) electrons. The third-order valence-electron chi connectivity index (χ3n) is 6.16. The van der Waals surface area contributed by atoms with Crippen LogP contribution in [-0.2, 0) is 32.6 Å². The maximum absolute atomic E-state index is 14.4. The lowest BCUT2D eigenvalue weighted by molar-refractivity contribution is -0.141. The van der Waals surface area contributed by atoms with E-state index in [4.69, 9.17) is 11.6 Å². The van der Waals surface area contributed by atoms with Gasteiger partial charge < -0.3 is 10.2 Å². The molecule has 39 heavy (non-hydrogen) atoms. The molecular weight excluding hydrogens is 541 g/mol. The van der Waals surface area contributed by atoms with E-state index < -0.39 is 21.9 Å². The number of nitrogens with one attached hydrogen (secondary N) is 1. The van der Waals surface area contributed by atoms with E-state index in [1.807, 2.05) is 37.3 Å². The molecule has 3 rings (SSSR count). The smallest absolute Gasteiger partial charge is 0.243 e. The highest BCUT2D eigenvalue weighted by Gasteiger charge is 2.30. The van der Waals surface area contributed by atoms with Gasteiger partial charge in [-0.1, -0.05) is 66.2 Å². The number of anilines is 1. The summed E-state index contributed by atoms with van der Waals surface area (Å²) in [6.45, 7) is 2.28. The summed E-state index contributed by atoms with van der Waals surface area (Å²) in [5, 5.41) is 3.39. The molecule has 0 aliphatic carbocycles. The van der Waals surface area contributed by atoms with Crippen molar-refractivity contribution in [2.75, 3.05) is 23.7 Å². The largest absolute Gasteiger partial charge is 0.355 e. The first-order valence-electron chi connectivity index (χ1n) is 12.7. The number of halogens is 2. The van der Waals surface area contributed by atoms with Gasteiger partial charge in [-0.15, -0.1) is 0 Å². The number of benzene rings is 3. The van der Waals surface area contributed by atoms with E-state index in [0.29, 0.717) is 18.0 Å². The first kappa shape index (κ1) is 30.1. The number of amides is 2. The van der Waals surface area contributed by atoms with Crippen molar-refractivity contribution in [2.45, 2.75) is 38.8 Å². The molecule has 0 heterocycles. The van der Waals surface area contributed by atoms with E-state index >= 15 is 0 Å². The van der Waals surface area contributed by atoms with E-state index in [1.165, 1.54) is 23.1 Å². The van der Waals surface area contributed by atoms with Crippen molar-refractivity contribution in [1.29, 1.82) is 0 Å². The first-order chi connectivity index (χ1) is 18.6. The van der Waals surface area contributed by atoms with Crippen molar-refractivity contribution in [2.24, 2.45) is 0 Å². The molecule has 1 unspecified atom stereocenters. The number of para-hydroxylation sites is 1. The van der Waals surface area contributed by atoms with Gasteiger partial charge >= 0.3 is 0 Å². The lowest BCUT2D eigenvalue weighted by atomic mass is 10.0. The number of carbonyl (C=O) groups excluding carboxylic acids is 2. The maximum Gasteiger partial charge on any atom is 0.243 e. The number of hydrogen-bond donors (Lipinski definition) is 1. The van der Waals surface area contributed by atoms with Gasteiger partial charge in [0.15, 0.2) is 0 Å². The molecular formula is C29H33ClFN3O4S. The molecule has 0 aromatic heterocycles. The second-order valence-corrected chi connectivity index (χ2v) is 11.5. The molecule has 0 fully saturated rings. The van der Waals surface area contributed by atoms with Crippen LogP contribution < -0.4 is 9.62 Å². The minimum Gasteiger partial charge on any atom is -0.355 e. The number of rotatable bonds is 13. The van der Waals surface area contributed by atoms with Crippen LogP contribution in [0.5, 0.6) is 0 Å². The average molecular weight is 574 g/mol. The molecule has 0 spiro atoms. The summed E-state index contributed by atoms with van der Waals surface area (Å²) >= 11 is 6.04. The Balaban J connectivity index is 1.86. The van der Waals surface area contributed by atoms with E-state index in [2.05, 4.69) is 5.32 Å². The molecule has 1 N–H and O–H groups in total. The Hall–Kier alpha value is -3.43. The van der Waals surface area contributed by atoms with Crippen molar-refractivity contribution < 1.29 is 22.4 Å². The standard InChI is InChI=1S/C29H33ClFN3O4S/c1-3-32-29(36)27(20-22-10-5-4-6-11-22)33(21-23-15-17-24(30)18-16-23)28(35)14-9-19-34(39(2,37)38)26-13-8-7-12-25(26)31/h4-8,10-13,15-18,27H,3,9,14,19-21H2,1-2H3,(H,32,36). The Morgan fingerprint density at radius 1 is 0.949 bits per heavy atom. The van der Waals surface area contributed by atoms with Gasteiger partial charge in [0.1, 0.15) is 11.9 Å². The summed E-state index contributed by atoms with van der Waals surface area (Å²) < 4.78 is 40.2. The molecule has 2 amide bonds. The molecule has 208 valence electrons. The molecule has 1 atom stereocenters. The summed E-state index contributed by atoms with van der Waals surface area (Å²) in [6, 6.07) is 21.3. The fourth-order valence-corrected chi connectivity index (χ4v) is 5.36. The molecule has 0 saturated heterocycles. The number of likely N-dealkylation sites (N-methyl/N-ethyl adjacent to an activating group) is 1. The van der Waals surface area contributed by atoms with E-state index in [-0.39, 0.29) is 43.4 Å². The zero-order valence-corrected chi connectivity index (χ0v) is 23.6. The molecule has 0 aliphatic rings. The highest BCUT2D eigenvalue weighted by Crippen LogP contribution is 2.23. The quantitative estimate of drug-likeness (QED) is 0.318. The van der Waals surface area contributed by atoms with Gasteiger partial charge in [0.2, 0.25) is 21.8 Å². The van der Waals surface area contributed by atoms with Crippen molar-refractivity contribution >= 4 is 39.1 Å². The van der Waals surface area contributed by atoms with Crippen molar-refractivity contribution in [3.8, 4) is 0 Å². The predicted octanol–water partition coefficient (Wildman–Crippen LogP) is 4.80. The van der Waals surface area contributed by atoms with Crippen molar-refractivity contribution in [3.05, 3.63) is 101 Å². The summed E-state index contributed by atoms with van der Waals surface area (Å²) in [7, 11) is -3.80. The maximum atomic E-state index is 14.4. The van der Waals surface area contributed by atoms with Crippen LogP contribution in [0.3, 0.4) is 0 Å². The number of nitrogens with zero attached hydrogens (tertiary/aromatic N) is 2. The van der Waals surface area contributed by atoms with Crippen LogP contribution in [0.25, 0.3) is 0 Å². The van der Waals surface area contributed by atoms with E-state index in [0.717, 1.165) is 21.7 Å². The van der Waals surface area contributed by atoms with Gasteiger partial charge in [0, 0.05) is 37.5 Å². The van der Waals surface area contributed by atoms with Crippen LogP contribution in [0.1, 0.15) is 30.9 Å². The van der Waals surface area contributed by atoms with Gasteiger partial charge in [-0.05, 0) is 48.7 Å². The molecule has 0 saturated carbocycles. The van der Waals surface area contributed by atoms with Gasteiger partial charge in [-0.3, -0.25) is 13.9 Å². The summed E-state index contributed by atoms with van der Waals surface area (Å²) in [6.07, 6.45) is 1.39. The fraction of sp³-hybridized carbons (Fsp3) is 0.310. The van der Waals surface area contributed by atoms with Gasteiger partial charge in [0.25, 0.3) is 0 Å². The third-order valence-corrected chi connectivity index (χ3v) is 7.59. The summed E-state index contributed by atoms with van der Waals surface area (Å²) in [5.41, 5.74) is 1.61. The van der Waals surface area contributed by atoms with Crippen LogP contribution in [-0.4, -0.2) is 50.5 Å². The predicted molar refractivity (Wildman–Crippen MR) is 152 cm³/mol. The highest BCUT2D eigenvalue weighted by atomic mass is 35.5. The monoisotopic (exact) mass is 573 g/mol. The molecule has 3 aromatic carbocycles. The molecule has 10 heteroatoms. The van der Waals surface area contributed by atoms with Crippen LogP contribution >= 0.6 is 11.6 Å². The zero-order valence-electron chi connectivity index (χ0n) is 22.0. The molecule has 3 aromatic rings. The van der Waals surface area contributed by atoms with Crippen molar-refractivity contribution in [3.63, 3.8) is 0 Å². The molecule has 0 aliphatic heterocycles. The van der Waals surface area contributed by atoms with E-state index in [1.54, 1.807) is 30.3 Å². The normalized spacial score (nSPS) is 12.0. The fourth-order valence-electron chi connectivity index (χ4n) is 4.27. The molecule has 0 bridgehead atoms. The highest BCUT2D eigenvalue weighted by molar-refractivity contribution is 7.92. The summed E-state index contributed by atoms with van der Waals surface area (Å²) in [4.78, 5) is 28.4. The van der Waals surface area contributed by atoms with Gasteiger partial charge in [-0.25, -0.2) is 12.8 Å². The number of hydrogen-bond acceptors (Lipinski definition) is 4. The van der Waals surface area contributed by atoms with Crippen LogP contribution in [0.2, 0.25) is 5.02 Å². The second kappa shape index (κ2) is 14.1. The van der Waals surface area contributed by atoms with Crippen molar-refractivity contribution in [1.82, 2.24) is 10.2 Å². The van der Waals surface area contributed by atoms with Crippen LogP contribution in [0.15, 0.2) is 78.9 Å². The topological polar surface area (TPSA) is 86.8 Å². The Labute approximate surface area is 234 Å². The number of sulfonamides is 1. The minimum atomic E-state index is -3.80. The lowest BCUT2D eigenvalue weighted by Gasteiger charge is -2.32. The Kier molecular flexibility index (Phi) is 10.9.